The Morgan fingerprint density at radius 2 is 1.00 bits per heavy atom. The normalized spacial score (nSPS) is 7.20. The quantitative estimate of drug-likeness (QED) is 0.361. The van der Waals surface area contributed by atoms with Crippen molar-refractivity contribution in [3.05, 3.63) is 0 Å². The Hall–Kier alpha value is 1.05. The van der Waals surface area contributed by atoms with Crippen LogP contribution in [-0.2, 0) is 0 Å². The molecule has 0 aromatic carbocycles. The Morgan fingerprint density at radius 1 is 1.00 bits per heavy atom. The Kier molecular flexibility index (Phi) is 9.49. The minimum Gasteiger partial charge on any atom is -0.412 e. The first-order valence-corrected chi connectivity index (χ1v) is 5.89. The molecule has 0 bridgehead atoms. The van der Waals surface area contributed by atoms with Crippen molar-refractivity contribution >= 4 is 40.0 Å². The van der Waals surface area contributed by atoms with Crippen LogP contribution in [0.2, 0.25) is 0 Å². The highest BCUT2D eigenvalue weighted by Crippen LogP contribution is 1.97. The van der Waals surface area contributed by atoms with Gasteiger partial charge in [-0.1, -0.05) is 0 Å². The minimum absolute atomic E-state index is 0. The fraction of sp³-hybridized carbons (Fsp3) is 0. The van der Waals surface area contributed by atoms with Gasteiger partial charge in [-0.05, 0) is 0 Å². The van der Waals surface area contributed by atoms with E-state index in [-0.39, 0.29) is 5.48 Å². The molecule has 0 radical (unpaired) electrons. The fourth-order valence-electron chi connectivity index (χ4n) is 0. The Labute approximate surface area is 45.9 Å². The van der Waals surface area contributed by atoms with E-state index in [1.165, 1.54) is 0 Å². The lowest BCUT2D eigenvalue weighted by molar-refractivity contribution is 0.824. The summed E-state index contributed by atoms with van der Waals surface area (Å²) in [5.74, 6) is 0. The van der Waals surface area contributed by atoms with E-state index in [4.69, 9.17) is 33.2 Å². The van der Waals surface area contributed by atoms with Crippen molar-refractivity contribution in [3.63, 3.8) is 0 Å². The summed E-state index contributed by atoms with van der Waals surface area (Å²) in [6, 6.07) is 0. The summed E-state index contributed by atoms with van der Waals surface area (Å²) in [4.78, 5) is 0. The van der Waals surface area contributed by atoms with E-state index in [2.05, 4.69) is 0 Å². The van der Waals surface area contributed by atoms with Crippen molar-refractivity contribution < 1.29 is 5.48 Å². The van der Waals surface area contributed by atoms with Gasteiger partial charge in [0.05, 0.1) is 0 Å². The molecule has 34 valence electrons. The highest BCUT2D eigenvalue weighted by Gasteiger charge is 1.85. The zero-order valence-corrected chi connectivity index (χ0v) is 5.63. The smallest absolute Gasteiger partial charge is 0.326 e. The van der Waals surface area contributed by atoms with Gasteiger partial charge in [-0.3, -0.25) is 0 Å². The second-order valence-electron chi connectivity index (χ2n) is 0.247. The molecule has 5 heavy (non-hydrogen) atoms. The van der Waals surface area contributed by atoms with Crippen LogP contribution in [0.15, 0.2) is 0 Å². The van der Waals surface area contributed by atoms with Crippen molar-refractivity contribution in [1.29, 1.82) is 0 Å². The summed E-state index contributed by atoms with van der Waals surface area (Å²) in [5, 5.41) is 0. The third kappa shape index (κ3) is 42.8. The summed E-state index contributed by atoms with van der Waals surface area (Å²) < 4.78 is 0. The predicted octanol–water partition coefficient (Wildman–Crippen LogP) is 0.595. The lowest BCUT2D eigenvalue weighted by atomic mass is 16.0. The molecular weight excluding hydrogens is 150 g/mol. The average molecular weight is 153 g/mol. The zero-order valence-electron chi connectivity index (χ0n) is 2.21. The number of rotatable bonds is 0. The van der Waals surface area contributed by atoms with Gasteiger partial charge < -0.3 is 5.48 Å². The van der Waals surface area contributed by atoms with Crippen LogP contribution in [0, 0.1) is 0 Å². The van der Waals surface area contributed by atoms with Crippen LogP contribution < -0.4 is 0 Å². The molecule has 5 heteroatoms. The van der Waals surface area contributed by atoms with Crippen LogP contribution >= 0.6 is 33.2 Å². The van der Waals surface area contributed by atoms with Gasteiger partial charge in [-0.2, -0.15) is 0 Å². The molecule has 0 aliphatic carbocycles. The van der Waals surface area contributed by atoms with Crippen LogP contribution in [0.3, 0.4) is 0 Å². The summed E-state index contributed by atoms with van der Waals surface area (Å²) in [6.45, 7) is -1.72. The Morgan fingerprint density at radius 3 is 1.00 bits per heavy atom. The van der Waals surface area contributed by atoms with E-state index in [0.29, 0.717) is 0 Å². The number of halogens is 3. The van der Waals surface area contributed by atoms with E-state index >= 15 is 0 Å². The third-order valence-electron chi connectivity index (χ3n) is 0. The molecule has 0 rings (SSSR count). The largest absolute Gasteiger partial charge is 0.412 e. The molecule has 0 aromatic heterocycles. The van der Waals surface area contributed by atoms with Crippen LogP contribution in [0.5, 0.6) is 0 Å². The first-order chi connectivity index (χ1) is 1.73. The molecule has 0 atom stereocenters. The van der Waals surface area contributed by atoms with Crippen molar-refractivity contribution in [1.82, 2.24) is 0 Å². The minimum atomic E-state index is -1.72. The third-order valence-corrected chi connectivity index (χ3v) is 0. The van der Waals surface area contributed by atoms with Gasteiger partial charge in [-0.25, -0.2) is 0 Å². The van der Waals surface area contributed by atoms with E-state index in [9.17, 15) is 0 Å². The van der Waals surface area contributed by atoms with Crippen molar-refractivity contribution in [2.45, 2.75) is 0 Å². The monoisotopic (exact) mass is 152 g/mol. The second kappa shape index (κ2) is 5.05. The van der Waals surface area contributed by atoms with E-state index in [1.807, 2.05) is 0 Å². The van der Waals surface area contributed by atoms with Gasteiger partial charge in [0.2, 0.25) is 0 Å². The first kappa shape index (κ1) is 9.40. The van der Waals surface area contributed by atoms with Crippen LogP contribution in [0.1, 0.15) is 0 Å². The molecule has 0 amide bonds. The molecule has 0 unspecified atom stereocenters. The summed E-state index contributed by atoms with van der Waals surface area (Å²) in [6.07, 6.45) is 0. The molecule has 0 aliphatic heterocycles. The first-order valence-electron chi connectivity index (χ1n) is 0.655. The van der Waals surface area contributed by atoms with Crippen molar-refractivity contribution in [2.75, 3.05) is 0 Å². The standard InChI is InChI=1S/Cl3HSi.H2O/c1-4(2)3;/h4H;1H2. The second-order valence-corrected chi connectivity index (χ2v) is 6.68. The molecule has 1 nitrogen and oxygen atoms in total. The average Bonchev–Trinajstić information content (AvgIpc) is 0.811. The molecule has 0 saturated heterocycles. The summed E-state index contributed by atoms with van der Waals surface area (Å²) >= 11 is 14.8. The van der Waals surface area contributed by atoms with E-state index < -0.39 is 6.73 Å². The Bertz CT molecular complexity index is 11.6. The van der Waals surface area contributed by atoms with Gasteiger partial charge in [-0.15, -0.1) is 33.2 Å². The molecule has 2 N–H and O–H groups in total. The van der Waals surface area contributed by atoms with Gasteiger partial charge >= 0.3 is 6.73 Å². The van der Waals surface area contributed by atoms with Crippen molar-refractivity contribution in [3.8, 4) is 0 Å². The van der Waals surface area contributed by atoms with Crippen LogP contribution in [-0.4, -0.2) is 12.2 Å². The molecule has 0 aliphatic rings. The molecule has 0 saturated carbocycles. The number of hydrogen-bond acceptors (Lipinski definition) is 0. The van der Waals surface area contributed by atoms with E-state index in [1.54, 1.807) is 0 Å². The van der Waals surface area contributed by atoms with Gasteiger partial charge in [0, 0.05) is 0 Å². The molecule has 0 aromatic rings. The van der Waals surface area contributed by atoms with Gasteiger partial charge in [0.25, 0.3) is 0 Å². The number of hydrogen-bond donors (Lipinski definition) is 0. The molecule has 0 fully saturated rings. The maximum Gasteiger partial charge on any atom is 0.326 e. The maximum absolute atomic E-state index is 4.94. The predicted molar refractivity (Wildman–Crippen MR) is 28.3 cm³/mol. The van der Waals surface area contributed by atoms with Crippen LogP contribution in [0.25, 0.3) is 0 Å². The highest BCUT2D eigenvalue weighted by molar-refractivity contribution is 7.54. The van der Waals surface area contributed by atoms with E-state index in [0.717, 1.165) is 0 Å². The topological polar surface area (TPSA) is 31.5 Å². The maximum atomic E-state index is 4.94. The molecule has 0 heterocycles. The Balaban J connectivity index is 0. The lowest BCUT2D eigenvalue weighted by Gasteiger charge is -1.65. The SMILES string of the molecule is Cl[SiH](Cl)Cl.O. The molecule has 0 spiro atoms. The fourth-order valence-corrected chi connectivity index (χ4v) is 0. The summed E-state index contributed by atoms with van der Waals surface area (Å²) in [5.41, 5.74) is 0. The van der Waals surface area contributed by atoms with Gasteiger partial charge in [0.15, 0.2) is 0 Å². The molecular formula is H3Cl3OSi. The summed E-state index contributed by atoms with van der Waals surface area (Å²) in [7, 11) is 0. The van der Waals surface area contributed by atoms with Crippen molar-refractivity contribution in [2.24, 2.45) is 0 Å². The highest BCUT2D eigenvalue weighted by atomic mass is 35.8. The lowest BCUT2D eigenvalue weighted by Crippen LogP contribution is -1.66. The van der Waals surface area contributed by atoms with Crippen LogP contribution in [0.4, 0.5) is 0 Å². The van der Waals surface area contributed by atoms with Gasteiger partial charge in [0.1, 0.15) is 0 Å². The zero-order chi connectivity index (χ0) is 3.58.